The molecule has 1 aliphatic rings. The van der Waals surface area contributed by atoms with Crippen molar-refractivity contribution in [3.05, 3.63) is 16.6 Å². The number of carbonyl (C=O) groups excluding carboxylic acids is 1. The van der Waals surface area contributed by atoms with E-state index < -0.39 is 11.9 Å². The molecule has 1 fully saturated rings. The molecule has 0 unspecified atom stereocenters. The van der Waals surface area contributed by atoms with Crippen LogP contribution in [-0.2, 0) is 4.79 Å². The number of thiazole rings is 1. The largest absolute Gasteiger partial charge is 0.481 e. The fourth-order valence-corrected chi connectivity index (χ4v) is 2.52. The molecule has 1 N–H and O–H groups in total. The van der Waals surface area contributed by atoms with E-state index in [1.807, 2.05) is 6.92 Å². The van der Waals surface area contributed by atoms with Crippen molar-refractivity contribution < 1.29 is 14.7 Å². The predicted molar refractivity (Wildman–Crippen MR) is 58.3 cm³/mol. The van der Waals surface area contributed by atoms with Crippen LogP contribution in [0.25, 0.3) is 0 Å². The maximum Gasteiger partial charge on any atom is 0.308 e. The van der Waals surface area contributed by atoms with Gasteiger partial charge in [-0.05, 0) is 5.92 Å². The molecule has 0 spiro atoms. The lowest BCUT2D eigenvalue weighted by atomic mass is 9.99. The van der Waals surface area contributed by atoms with Gasteiger partial charge in [-0.3, -0.25) is 14.6 Å². The van der Waals surface area contributed by atoms with Gasteiger partial charge in [0.25, 0.3) is 5.91 Å². The molecule has 0 radical (unpaired) electrons. The number of aromatic nitrogens is 1. The lowest BCUT2D eigenvalue weighted by Gasteiger charge is -2.13. The third kappa shape index (κ3) is 1.92. The quantitative estimate of drug-likeness (QED) is 0.835. The summed E-state index contributed by atoms with van der Waals surface area (Å²) in [7, 11) is 0. The first-order valence-electron chi connectivity index (χ1n) is 5.00. The first-order valence-corrected chi connectivity index (χ1v) is 5.88. The molecule has 0 bridgehead atoms. The molecule has 1 amide bonds. The van der Waals surface area contributed by atoms with Gasteiger partial charge in [-0.1, -0.05) is 6.92 Å². The highest BCUT2D eigenvalue weighted by Crippen LogP contribution is 2.25. The molecule has 0 aliphatic carbocycles. The Morgan fingerprint density at radius 2 is 2.31 bits per heavy atom. The van der Waals surface area contributed by atoms with Crippen LogP contribution in [-0.4, -0.2) is 40.0 Å². The smallest absolute Gasteiger partial charge is 0.308 e. The van der Waals surface area contributed by atoms with Crippen molar-refractivity contribution in [3.8, 4) is 0 Å². The number of rotatable bonds is 2. The van der Waals surface area contributed by atoms with Crippen LogP contribution >= 0.6 is 11.3 Å². The van der Waals surface area contributed by atoms with E-state index in [1.54, 1.807) is 10.4 Å². The maximum absolute atomic E-state index is 11.9. The SMILES string of the molecule is C[C@@H]1CN(C(=O)c2cncs2)C[C@H]1C(=O)O. The van der Waals surface area contributed by atoms with E-state index in [1.165, 1.54) is 17.5 Å². The number of hydrogen-bond donors (Lipinski definition) is 1. The minimum absolute atomic E-state index is 0.00868. The molecular weight excluding hydrogens is 228 g/mol. The Bertz CT molecular complexity index is 404. The van der Waals surface area contributed by atoms with Crippen LogP contribution in [0.5, 0.6) is 0 Å². The number of amides is 1. The molecule has 86 valence electrons. The average molecular weight is 240 g/mol. The number of carbonyl (C=O) groups is 2. The zero-order valence-corrected chi connectivity index (χ0v) is 9.61. The fraction of sp³-hybridized carbons (Fsp3) is 0.500. The fourth-order valence-electron chi connectivity index (χ4n) is 1.93. The van der Waals surface area contributed by atoms with Crippen LogP contribution in [0.4, 0.5) is 0 Å². The summed E-state index contributed by atoms with van der Waals surface area (Å²) in [6, 6.07) is 0. The van der Waals surface area contributed by atoms with Gasteiger partial charge in [0, 0.05) is 13.1 Å². The van der Waals surface area contributed by atoms with E-state index in [4.69, 9.17) is 5.11 Å². The van der Waals surface area contributed by atoms with Crippen LogP contribution in [0.2, 0.25) is 0 Å². The second kappa shape index (κ2) is 4.21. The summed E-state index contributed by atoms with van der Waals surface area (Å²) in [5.41, 5.74) is 1.60. The van der Waals surface area contributed by atoms with E-state index in [-0.39, 0.29) is 11.8 Å². The van der Waals surface area contributed by atoms with E-state index in [0.717, 1.165) is 0 Å². The zero-order valence-electron chi connectivity index (χ0n) is 8.79. The third-order valence-electron chi connectivity index (χ3n) is 2.86. The van der Waals surface area contributed by atoms with Gasteiger partial charge in [0.05, 0.1) is 17.6 Å². The Labute approximate surface area is 96.7 Å². The molecule has 1 saturated heterocycles. The first-order chi connectivity index (χ1) is 7.59. The molecule has 2 heterocycles. The minimum Gasteiger partial charge on any atom is -0.481 e. The van der Waals surface area contributed by atoms with Crippen molar-refractivity contribution in [2.75, 3.05) is 13.1 Å². The van der Waals surface area contributed by atoms with Crippen LogP contribution in [0.1, 0.15) is 16.6 Å². The van der Waals surface area contributed by atoms with Crippen molar-refractivity contribution in [1.82, 2.24) is 9.88 Å². The van der Waals surface area contributed by atoms with Gasteiger partial charge in [0.1, 0.15) is 4.88 Å². The number of likely N-dealkylation sites (tertiary alicyclic amines) is 1. The summed E-state index contributed by atoms with van der Waals surface area (Å²) in [6.07, 6.45) is 1.52. The van der Waals surface area contributed by atoms with E-state index >= 15 is 0 Å². The molecule has 0 saturated carbocycles. The maximum atomic E-state index is 11.9. The average Bonchev–Trinajstić information content (AvgIpc) is 2.84. The Morgan fingerprint density at radius 1 is 1.56 bits per heavy atom. The molecule has 0 aromatic carbocycles. The van der Waals surface area contributed by atoms with Gasteiger partial charge < -0.3 is 10.0 Å². The minimum atomic E-state index is -0.827. The molecule has 2 rings (SSSR count). The summed E-state index contributed by atoms with van der Waals surface area (Å²) >= 11 is 1.28. The summed E-state index contributed by atoms with van der Waals surface area (Å²) < 4.78 is 0. The summed E-state index contributed by atoms with van der Waals surface area (Å²) in [5.74, 6) is -1.38. The van der Waals surface area contributed by atoms with E-state index in [2.05, 4.69) is 4.98 Å². The molecule has 16 heavy (non-hydrogen) atoms. The number of carboxylic acid groups (broad SMARTS) is 1. The standard InChI is InChI=1S/C10H12N2O3S/c1-6-3-12(4-7(6)10(14)15)9(13)8-2-11-5-16-8/h2,5-7H,3-4H2,1H3,(H,14,15)/t6-,7-/m1/s1. The lowest BCUT2D eigenvalue weighted by molar-refractivity contribution is -0.142. The number of nitrogens with zero attached hydrogens (tertiary/aromatic N) is 2. The molecule has 1 aromatic heterocycles. The molecule has 1 aromatic rings. The Kier molecular flexibility index (Phi) is 2.91. The summed E-state index contributed by atoms with van der Waals surface area (Å²) in [4.78, 5) is 28.8. The zero-order chi connectivity index (χ0) is 11.7. The van der Waals surface area contributed by atoms with Gasteiger partial charge in [-0.25, -0.2) is 0 Å². The normalized spacial score (nSPS) is 24.7. The van der Waals surface area contributed by atoms with E-state index in [0.29, 0.717) is 18.0 Å². The highest BCUT2D eigenvalue weighted by atomic mass is 32.1. The highest BCUT2D eigenvalue weighted by molar-refractivity contribution is 7.11. The Hall–Kier alpha value is -1.43. The van der Waals surface area contributed by atoms with Crippen molar-refractivity contribution in [1.29, 1.82) is 0 Å². The Balaban J connectivity index is 2.09. The number of aliphatic carboxylic acids is 1. The summed E-state index contributed by atoms with van der Waals surface area (Å²) in [5, 5.41) is 8.97. The third-order valence-corrected chi connectivity index (χ3v) is 3.62. The van der Waals surface area contributed by atoms with Crippen LogP contribution < -0.4 is 0 Å². The monoisotopic (exact) mass is 240 g/mol. The van der Waals surface area contributed by atoms with Gasteiger partial charge in [-0.15, -0.1) is 11.3 Å². The molecule has 1 aliphatic heterocycles. The van der Waals surface area contributed by atoms with Crippen molar-refractivity contribution in [2.45, 2.75) is 6.92 Å². The van der Waals surface area contributed by atoms with Gasteiger partial charge in [0.15, 0.2) is 0 Å². The van der Waals surface area contributed by atoms with Crippen molar-refractivity contribution in [2.24, 2.45) is 11.8 Å². The van der Waals surface area contributed by atoms with Crippen LogP contribution in [0.3, 0.4) is 0 Å². The predicted octanol–water partition coefficient (Wildman–Crippen LogP) is 0.936. The topological polar surface area (TPSA) is 70.5 Å². The lowest BCUT2D eigenvalue weighted by Crippen LogP contribution is -2.29. The second-order valence-corrected chi connectivity index (χ2v) is 4.88. The van der Waals surface area contributed by atoms with E-state index in [9.17, 15) is 9.59 Å². The first kappa shape index (κ1) is 11.1. The van der Waals surface area contributed by atoms with Crippen molar-refractivity contribution >= 4 is 23.2 Å². The van der Waals surface area contributed by atoms with Crippen LogP contribution in [0, 0.1) is 11.8 Å². The van der Waals surface area contributed by atoms with Gasteiger partial charge in [0.2, 0.25) is 0 Å². The van der Waals surface area contributed by atoms with Gasteiger partial charge >= 0.3 is 5.97 Å². The molecule has 2 atom stereocenters. The summed E-state index contributed by atoms with van der Waals surface area (Å²) in [6.45, 7) is 2.67. The van der Waals surface area contributed by atoms with Crippen LogP contribution in [0.15, 0.2) is 11.7 Å². The number of carboxylic acids is 1. The molecule has 6 heteroatoms. The second-order valence-electron chi connectivity index (χ2n) is 4.00. The Morgan fingerprint density at radius 3 is 2.81 bits per heavy atom. The van der Waals surface area contributed by atoms with Gasteiger partial charge in [-0.2, -0.15) is 0 Å². The highest BCUT2D eigenvalue weighted by Gasteiger charge is 2.37. The molecular formula is C10H12N2O3S. The van der Waals surface area contributed by atoms with Crippen molar-refractivity contribution in [3.63, 3.8) is 0 Å². The molecule has 5 nitrogen and oxygen atoms in total. The number of hydrogen-bond acceptors (Lipinski definition) is 4.